The van der Waals surface area contributed by atoms with Crippen LogP contribution in [0.4, 0.5) is 11.4 Å². The van der Waals surface area contributed by atoms with Gasteiger partial charge in [-0.1, -0.05) is 61.4 Å². The van der Waals surface area contributed by atoms with Crippen molar-refractivity contribution >= 4 is 21.4 Å². The van der Waals surface area contributed by atoms with E-state index in [9.17, 15) is 8.42 Å². The van der Waals surface area contributed by atoms with Gasteiger partial charge in [-0.15, -0.1) is 0 Å². The van der Waals surface area contributed by atoms with E-state index in [0.717, 1.165) is 41.8 Å². The van der Waals surface area contributed by atoms with Gasteiger partial charge in [-0.2, -0.15) is 0 Å². The molecular formula is C25H28N2O2S. The standard InChI is InChI=1S/C25H28N2O2S/c1-3-4-8-20-13-16-25-23(17-20)24(26-21-9-6-5-7-10-21)18-27(25)30(28,29)22-14-11-19(2)12-15-22/h5-7,9-17,24,26H,3-4,8,18H2,1-2H3. The molecule has 3 aromatic rings. The Hall–Kier alpha value is -2.79. The van der Waals surface area contributed by atoms with E-state index in [1.165, 1.54) is 5.56 Å². The smallest absolute Gasteiger partial charge is 0.264 e. The van der Waals surface area contributed by atoms with E-state index in [2.05, 4.69) is 24.4 Å². The Kier molecular flexibility index (Phi) is 5.82. The predicted octanol–water partition coefficient (Wildman–Crippen LogP) is 5.70. The topological polar surface area (TPSA) is 49.4 Å². The number of benzene rings is 3. The van der Waals surface area contributed by atoms with E-state index in [1.54, 1.807) is 16.4 Å². The van der Waals surface area contributed by atoms with Gasteiger partial charge in [0.15, 0.2) is 0 Å². The molecule has 0 saturated heterocycles. The number of aryl methyl sites for hydroxylation is 2. The first-order valence-corrected chi connectivity index (χ1v) is 12.0. The predicted molar refractivity (Wildman–Crippen MR) is 124 cm³/mol. The van der Waals surface area contributed by atoms with Gasteiger partial charge in [0.2, 0.25) is 0 Å². The molecule has 0 aromatic heterocycles. The molecular weight excluding hydrogens is 392 g/mol. The third-order valence-corrected chi connectivity index (χ3v) is 7.42. The zero-order valence-electron chi connectivity index (χ0n) is 17.5. The highest BCUT2D eigenvalue weighted by Gasteiger charge is 2.36. The van der Waals surface area contributed by atoms with Crippen molar-refractivity contribution in [3.8, 4) is 0 Å². The summed E-state index contributed by atoms with van der Waals surface area (Å²) in [5.41, 5.74) is 5.10. The second-order valence-corrected chi connectivity index (χ2v) is 9.77. The van der Waals surface area contributed by atoms with E-state index >= 15 is 0 Å². The van der Waals surface area contributed by atoms with Crippen molar-refractivity contribution in [3.05, 3.63) is 89.5 Å². The van der Waals surface area contributed by atoms with Gasteiger partial charge >= 0.3 is 0 Å². The van der Waals surface area contributed by atoms with Gasteiger partial charge in [-0.05, 0) is 55.7 Å². The zero-order chi connectivity index (χ0) is 21.1. The van der Waals surface area contributed by atoms with Crippen LogP contribution >= 0.6 is 0 Å². The molecule has 1 heterocycles. The fourth-order valence-corrected chi connectivity index (χ4v) is 5.44. The largest absolute Gasteiger partial charge is 0.376 e. The molecule has 0 radical (unpaired) electrons. The number of rotatable bonds is 7. The summed E-state index contributed by atoms with van der Waals surface area (Å²) in [5, 5.41) is 3.54. The highest BCUT2D eigenvalue weighted by atomic mass is 32.2. The van der Waals surface area contributed by atoms with Crippen LogP contribution in [0, 0.1) is 6.92 Å². The highest BCUT2D eigenvalue weighted by Crippen LogP contribution is 2.40. The van der Waals surface area contributed by atoms with E-state index in [0.29, 0.717) is 11.4 Å². The maximum absolute atomic E-state index is 13.5. The molecule has 4 rings (SSSR count). The minimum Gasteiger partial charge on any atom is -0.376 e. The SMILES string of the molecule is CCCCc1ccc2c(c1)C(Nc1ccccc1)CN2S(=O)(=O)c1ccc(C)cc1. The van der Waals surface area contributed by atoms with Gasteiger partial charge in [0.1, 0.15) is 0 Å². The Morgan fingerprint density at radius 1 is 1.00 bits per heavy atom. The van der Waals surface area contributed by atoms with Gasteiger partial charge in [0.05, 0.1) is 23.2 Å². The number of sulfonamides is 1. The molecule has 0 amide bonds. The van der Waals surface area contributed by atoms with Crippen molar-refractivity contribution < 1.29 is 8.42 Å². The van der Waals surface area contributed by atoms with Crippen LogP contribution in [0.3, 0.4) is 0 Å². The minimum atomic E-state index is -3.63. The molecule has 1 unspecified atom stereocenters. The first kappa shape index (κ1) is 20.5. The highest BCUT2D eigenvalue weighted by molar-refractivity contribution is 7.92. The lowest BCUT2D eigenvalue weighted by atomic mass is 10.0. The molecule has 1 aliphatic heterocycles. The lowest BCUT2D eigenvalue weighted by Crippen LogP contribution is -2.31. The monoisotopic (exact) mass is 420 g/mol. The van der Waals surface area contributed by atoms with Crippen LogP contribution in [0.1, 0.15) is 42.5 Å². The molecule has 5 heteroatoms. The number of hydrogen-bond donors (Lipinski definition) is 1. The Balaban J connectivity index is 1.72. The molecule has 1 atom stereocenters. The quantitative estimate of drug-likeness (QED) is 0.533. The van der Waals surface area contributed by atoms with Crippen LogP contribution in [0.25, 0.3) is 0 Å². The Labute approximate surface area is 179 Å². The van der Waals surface area contributed by atoms with Gasteiger partial charge in [-0.25, -0.2) is 8.42 Å². The number of unbranched alkanes of at least 4 members (excludes halogenated alkanes) is 1. The summed E-state index contributed by atoms with van der Waals surface area (Å²) in [6.07, 6.45) is 3.27. The minimum absolute atomic E-state index is 0.0933. The van der Waals surface area contributed by atoms with E-state index in [-0.39, 0.29) is 6.04 Å². The average Bonchev–Trinajstić information content (AvgIpc) is 3.12. The lowest BCUT2D eigenvalue weighted by molar-refractivity contribution is 0.590. The van der Waals surface area contributed by atoms with Crippen molar-refractivity contribution in [1.29, 1.82) is 0 Å². The first-order chi connectivity index (χ1) is 14.5. The molecule has 30 heavy (non-hydrogen) atoms. The summed E-state index contributed by atoms with van der Waals surface area (Å²) < 4.78 is 28.5. The number of fused-ring (bicyclic) bond motifs is 1. The molecule has 0 spiro atoms. The number of nitrogens with zero attached hydrogens (tertiary/aromatic N) is 1. The number of para-hydroxylation sites is 1. The molecule has 1 aliphatic rings. The summed E-state index contributed by atoms with van der Waals surface area (Å²) >= 11 is 0. The molecule has 1 N–H and O–H groups in total. The summed E-state index contributed by atoms with van der Waals surface area (Å²) in [6.45, 7) is 4.51. The summed E-state index contributed by atoms with van der Waals surface area (Å²) in [5.74, 6) is 0. The van der Waals surface area contributed by atoms with E-state index in [4.69, 9.17) is 0 Å². The molecule has 0 saturated carbocycles. The van der Waals surface area contributed by atoms with Crippen LogP contribution in [0.15, 0.2) is 77.7 Å². The Morgan fingerprint density at radius 3 is 2.43 bits per heavy atom. The number of nitrogens with one attached hydrogen (secondary N) is 1. The molecule has 0 aliphatic carbocycles. The third-order valence-electron chi connectivity index (χ3n) is 5.63. The summed E-state index contributed by atoms with van der Waals surface area (Å²) in [7, 11) is -3.63. The van der Waals surface area contributed by atoms with Crippen molar-refractivity contribution in [2.75, 3.05) is 16.2 Å². The molecule has 0 bridgehead atoms. The maximum atomic E-state index is 13.5. The van der Waals surface area contributed by atoms with Crippen LogP contribution in [-0.2, 0) is 16.4 Å². The van der Waals surface area contributed by atoms with Gasteiger partial charge in [0.25, 0.3) is 10.0 Å². The second kappa shape index (κ2) is 8.52. The molecule has 0 fully saturated rings. The third kappa shape index (κ3) is 4.08. The zero-order valence-corrected chi connectivity index (χ0v) is 18.3. The fourth-order valence-electron chi connectivity index (χ4n) is 3.93. The summed E-state index contributed by atoms with van der Waals surface area (Å²) in [4.78, 5) is 0.328. The summed E-state index contributed by atoms with van der Waals surface area (Å²) in [6, 6.07) is 23.2. The van der Waals surface area contributed by atoms with Gasteiger partial charge < -0.3 is 5.32 Å². The second-order valence-electron chi connectivity index (χ2n) is 7.91. The maximum Gasteiger partial charge on any atom is 0.264 e. The molecule has 3 aromatic carbocycles. The van der Waals surface area contributed by atoms with Gasteiger partial charge in [-0.3, -0.25) is 4.31 Å². The van der Waals surface area contributed by atoms with Crippen LogP contribution < -0.4 is 9.62 Å². The number of anilines is 2. The van der Waals surface area contributed by atoms with Crippen molar-refractivity contribution in [2.45, 2.75) is 44.0 Å². The molecule has 4 nitrogen and oxygen atoms in total. The van der Waals surface area contributed by atoms with Crippen molar-refractivity contribution in [1.82, 2.24) is 0 Å². The normalized spacial score (nSPS) is 15.8. The van der Waals surface area contributed by atoms with Crippen molar-refractivity contribution in [2.24, 2.45) is 0 Å². The van der Waals surface area contributed by atoms with Crippen LogP contribution in [0.2, 0.25) is 0 Å². The average molecular weight is 421 g/mol. The van der Waals surface area contributed by atoms with Crippen LogP contribution in [0.5, 0.6) is 0 Å². The van der Waals surface area contributed by atoms with Crippen LogP contribution in [-0.4, -0.2) is 15.0 Å². The Morgan fingerprint density at radius 2 is 1.73 bits per heavy atom. The fraction of sp³-hybridized carbons (Fsp3) is 0.280. The van der Waals surface area contributed by atoms with Crippen molar-refractivity contribution in [3.63, 3.8) is 0 Å². The Bertz CT molecular complexity index is 1110. The molecule has 156 valence electrons. The first-order valence-electron chi connectivity index (χ1n) is 10.5. The van der Waals surface area contributed by atoms with E-state index in [1.807, 2.05) is 55.5 Å². The van der Waals surface area contributed by atoms with Gasteiger partial charge in [0, 0.05) is 11.3 Å². The number of hydrogen-bond acceptors (Lipinski definition) is 3. The lowest BCUT2D eigenvalue weighted by Gasteiger charge is -2.20. The van der Waals surface area contributed by atoms with E-state index < -0.39 is 10.0 Å².